The van der Waals surface area contributed by atoms with Crippen LogP contribution in [-0.4, -0.2) is 32.1 Å². The van der Waals surface area contributed by atoms with Crippen LogP contribution in [0.2, 0.25) is 0 Å². The van der Waals surface area contributed by atoms with Crippen LogP contribution >= 0.6 is 0 Å². The number of halogens is 2. The Hall–Kier alpha value is -1.50. The minimum Gasteiger partial charge on any atom is -0.479 e. The van der Waals surface area contributed by atoms with Crippen LogP contribution in [0, 0.1) is 0 Å². The van der Waals surface area contributed by atoms with Gasteiger partial charge in [-0.15, -0.1) is 0 Å². The number of hydrogen-bond donors (Lipinski definition) is 2. The molecule has 2 N–H and O–H groups in total. The topological polar surface area (TPSA) is 75.4 Å². The number of aromatic nitrogens is 2. The molecule has 1 fully saturated rings. The second-order valence-electron chi connectivity index (χ2n) is 4.30. The van der Waals surface area contributed by atoms with E-state index in [4.69, 9.17) is 5.11 Å². The van der Waals surface area contributed by atoms with E-state index in [-0.39, 0.29) is 5.56 Å². The number of aliphatic hydroxyl groups excluding tert-OH is 1. The minimum absolute atomic E-state index is 0.143. The highest BCUT2D eigenvalue weighted by Crippen LogP contribution is 2.53. The van der Waals surface area contributed by atoms with Crippen molar-refractivity contribution in [1.29, 1.82) is 0 Å². The van der Waals surface area contributed by atoms with Gasteiger partial charge in [-0.05, 0) is 12.8 Å². The lowest BCUT2D eigenvalue weighted by molar-refractivity contribution is -0.148. The summed E-state index contributed by atoms with van der Waals surface area (Å²) in [5.41, 5.74) is -1.39. The summed E-state index contributed by atoms with van der Waals surface area (Å²) >= 11 is 0. The summed E-state index contributed by atoms with van der Waals surface area (Å²) in [5, 5.41) is 22.0. The Balaban J connectivity index is 2.43. The second-order valence-corrected chi connectivity index (χ2v) is 4.30. The fourth-order valence-electron chi connectivity index (χ4n) is 2.11. The molecule has 1 aliphatic rings. The molecule has 0 aromatic carbocycles. The Morgan fingerprint density at radius 1 is 1.59 bits per heavy atom. The molecule has 1 aliphatic carbocycles. The normalized spacial score (nSPS) is 19.4. The van der Waals surface area contributed by atoms with Crippen molar-refractivity contribution >= 4 is 5.97 Å². The van der Waals surface area contributed by atoms with Crippen molar-refractivity contribution in [2.45, 2.75) is 30.8 Å². The van der Waals surface area contributed by atoms with Gasteiger partial charge in [-0.25, -0.2) is 13.6 Å². The predicted octanol–water partition coefficient (Wildman–Crippen LogP) is 0.835. The first-order chi connectivity index (χ1) is 7.88. The highest BCUT2D eigenvalue weighted by Gasteiger charge is 2.56. The van der Waals surface area contributed by atoms with Crippen LogP contribution in [0.1, 0.15) is 30.5 Å². The first-order valence-electron chi connectivity index (χ1n) is 5.11. The van der Waals surface area contributed by atoms with Gasteiger partial charge in [0.05, 0.1) is 0 Å². The van der Waals surface area contributed by atoms with Crippen molar-refractivity contribution in [3.05, 3.63) is 17.5 Å². The molecular formula is C10H12F2N2O3. The Kier molecular flexibility index (Phi) is 2.65. The fraction of sp³-hybridized carbons (Fsp3) is 0.600. The third kappa shape index (κ3) is 1.80. The third-order valence-corrected chi connectivity index (χ3v) is 3.15. The number of hydrogen-bond acceptors (Lipinski definition) is 3. The molecular weight excluding hydrogens is 234 g/mol. The lowest BCUT2D eigenvalue weighted by Crippen LogP contribution is -2.34. The molecule has 0 saturated heterocycles. The predicted molar refractivity (Wildman–Crippen MR) is 52.7 cm³/mol. The monoisotopic (exact) mass is 246 g/mol. The van der Waals surface area contributed by atoms with Crippen LogP contribution < -0.4 is 0 Å². The summed E-state index contributed by atoms with van der Waals surface area (Å²) in [6.07, 6.45) is -2.31. The van der Waals surface area contributed by atoms with Gasteiger partial charge in [0, 0.05) is 24.2 Å². The van der Waals surface area contributed by atoms with Gasteiger partial charge >= 0.3 is 5.97 Å². The minimum atomic E-state index is -2.77. The molecule has 2 rings (SSSR count). The molecule has 1 heterocycles. The summed E-state index contributed by atoms with van der Waals surface area (Å²) < 4.78 is 26.7. The molecule has 1 saturated carbocycles. The lowest BCUT2D eigenvalue weighted by atomic mass is 9.90. The van der Waals surface area contributed by atoms with Gasteiger partial charge in [-0.2, -0.15) is 5.10 Å². The molecule has 7 heteroatoms. The van der Waals surface area contributed by atoms with Gasteiger partial charge in [0.1, 0.15) is 5.69 Å². The maximum absolute atomic E-state index is 12.8. The highest BCUT2D eigenvalue weighted by atomic mass is 19.3. The summed E-state index contributed by atoms with van der Waals surface area (Å²) in [6, 6.07) is 0. The Morgan fingerprint density at radius 3 is 2.59 bits per heavy atom. The second kappa shape index (κ2) is 3.76. The van der Waals surface area contributed by atoms with E-state index in [2.05, 4.69) is 5.10 Å². The van der Waals surface area contributed by atoms with E-state index in [1.807, 2.05) is 0 Å². The van der Waals surface area contributed by atoms with Gasteiger partial charge in [0.15, 0.2) is 6.10 Å². The number of aliphatic carboxylic acids is 1. The Morgan fingerprint density at radius 2 is 2.18 bits per heavy atom. The lowest BCUT2D eigenvalue weighted by Gasteiger charge is -2.18. The molecule has 0 bridgehead atoms. The van der Waals surface area contributed by atoms with Crippen molar-refractivity contribution < 1.29 is 23.8 Å². The van der Waals surface area contributed by atoms with E-state index >= 15 is 0 Å². The molecule has 1 unspecified atom stereocenters. The van der Waals surface area contributed by atoms with Gasteiger partial charge in [0.25, 0.3) is 6.43 Å². The number of carbonyl (C=O) groups is 1. The number of rotatable bonds is 4. The molecule has 17 heavy (non-hydrogen) atoms. The number of carboxylic acids is 1. The SMILES string of the molecule is Cn1cc(C2(C(O)C(=O)O)CC2)c(C(F)F)n1. The zero-order valence-corrected chi connectivity index (χ0v) is 9.10. The van der Waals surface area contributed by atoms with Crippen LogP contribution in [0.15, 0.2) is 6.20 Å². The molecule has 0 radical (unpaired) electrons. The molecule has 5 nitrogen and oxygen atoms in total. The van der Waals surface area contributed by atoms with E-state index in [9.17, 15) is 18.7 Å². The van der Waals surface area contributed by atoms with Crippen molar-refractivity contribution in [1.82, 2.24) is 9.78 Å². The zero-order valence-electron chi connectivity index (χ0n) is 9.10. The quantitative estimate of drug-likeness (QED) is 0.825. The van der Waals surface area contributed by atoms with Crippen molar-refractivity contribution in [3.63, 3.8) is 0 Å². The number of carboxylic acid groups (broad SMARTS) is 1. The van der Waals surface area contributed by atoms with E-state index in [0.29, 0.717) is 12.8 Å². The molecule has 1 atom stereocenters. The molecule has 0 spiro atoms. The standard InChI is InChI=1S/C10H12F2N2O3/c1-14-4-5(6(13-14)8(11)12)10(2-3-10)7(15)9(16)17/h4,7-8,15H,2-3H2,1H3,(H,16,17). The summed E-state index contributed by atoms with van der Waals surface area (Å²) in [6.45, 7) is 0. The highest BCUT2D eigenvalue weighted by molar-refractivity contribution is 5.75. The van der Waals surface area contributed by atoms with E-state index < -0.39 is 29.6 Å². The van der Waals surface area contributed by atoms with E-state index in [1.165, 1.54) is 17.9 Å². The molecule has 94 valence electrons. The number of aliphatic hydroxyl groups is 1. The van der Waals surface area contributed by atoms with E-state index in [1.54, 1.807) is 0 Å². The van der Waals surface area contributed by atoms with Gasteiger partial charge in [-0.1, -0.05) is 0 Å². The van der Waals surface area contributed by atoms with Crippen molar-refractivity contribution in [3.8, 4) is 0 Å². The number of aryl methyl sites for hydroxylation is 1. The zero-order chi connectivity index (χ0) is 12.8. The van der Waals surface area contributed by atoms with Gasteiger partial charge < -0.3 is 10.2 Å². The Labute approximate surface area is 95.7 Å². The average molecular weight is 246 g/mol. The van der Waals surface area contributed by atoms with Crippen LogP contribution in [0.25, 0.3) is 0 Å². The van der Waals surface area contributed by atoms with Crippen LogP contribution in [0.3, 0.4) is 0 Å². The summed E-state index contributed by atoms with van der Waals surface area (Å²) in [5.74, 6) is -1.40. The third-order valence-electron chi connectivity index (χ3n) is 3.15. The van der Waals surface area contributed by atoms with Crippen LogP contribution in [0.4, 0.5) is 8.78 Å². The number of nitrogens with zero attached hydrogens (tertiary/aromatic N) is 2. The van der Waals surface area contributed by atoms with Gasteiger partial charge in [-0.3, -0.25) is 4.68 Å². The fourth-order valence-corrected chi connectivity index (χ4v) is 2.11. The van der Waals surface area contributed by atoms with Gasteiger partial charge in [0.2, 0.25) is 0 Å². The number of alkyl halides is 2. The Bertz CT molecular complexity index is 454. The smallest absolute Gasteiger partial charge is 0.333 e. The molecule has 0 amide bonds. The largest absolute Gasteiger partial charge is 0.479 e. The first kappa shape index (κ1) is 12.0. The summed E-state index contributed by atoms with van der Waals surface area (Å²) in [7, 11) is 1.48. The van der Waals surface area contributed by atoms with Crippen molar-refractivity contribution in [2.24, 2.45) is 7.05 Å². The van der Waals surface area contributed by atoms with Crippen LogP contribution in [0.5, 0.6) is 0 Å². The maximum atomic E-state index is 12.8. The van der Waals surface area contributed by atoms with E-state index in [0.717, 1.165) is 0 Å². The first-order valence-corrected chi connectivity index (χ1v) is 5.11. The molecule has 1 aromatic heterocycles. The van der Waals surface area contributed by atoms with Crippen molar-refractivity contribution in [2.75, 3.05) is 0 Å². The molecule has 0 aliphatic heterocycles. The average Bonchev–Trinajstić information content (AvgIpc) is 2.95. The molecule has 1 aromatic rings. The maximum Gasteiger partial charge on any atom is 0.333 e. The van der Waals surface area contributed by atoms with Crippen LogP contribution in [-0.2, 0) is 17.3 Å². The summed E-state index contributed by atoms with van der Waals surface area (Å²) in [4.78, 5) is 10.8.